The molecule has 0 atom stereocenters. The predicted molar refractivity (Wildman–Crippen MR) is 103 cm³/mol. The molecule has 2 N–H and O–H groups in total. The highest BCUT2D eigenvalue weighted by Crippen LogP contribution is 2.44. The molecule has 0 heterocycles. The van der Waals surface area contributed by atoms with Gasteiger partial charge in [0.15, 0.2) is 0 Å². The summed E-state index contributed by atoms with van der Waals surface area (Å²) in [5.41, 5.74) is 1.30. The normalized spacial score (nSPS) is 10.3. The number of carbonyl (C=O) groups excluding carboxylic acids is 2. The quantitative estimate of drug-likeness (QED) is 0.630. The lowest BCUT2D eigenvalue weighted by atomic mass is 10.3. The van der Waals surface area contributed by atoms with Crippen molar-refractivity contribution in [1.82, 2.24) is 0 Å². The average molecular weight is 401 g/mol. The Labute approximate surface area is 158 Å². The molecule has 0 saturated heterocycles. The van der Waals surface area contributed by atoms with Crippen molar-refractivity contribution in [2.75, 3.05) is 10.6 Å². The van der Waals surface area contributed by atoms with Gasteiger partial charge in [0, 0.05) is 35.0 Å². The van der Waals surface area contributed by atoms with Gasteiger partial charge < -0.3 is 10.6 Å². The largest absolute Gasteiger partial charge is 0.326 e. The molecule has 0 aliphatic rings. The Morgan fingerprint density at radius 2 is 1.17 bits per heavy atom. The molecule has 2 aromatic carbocycles. The molecule has 0 spiro atoms. The van der Waals surface area contributed by atoms with E-state index in [2.05, 4.69) is 10.6 Å². The van der Waals surface area contributed by atoms with Crippen LogP contribution in [0.15, 0.2) is 46.2 Å². The predicted octanol–water partition coefficient (Wildman–Crippen LogP) is 5.71. The van der Waals surface area contributed by atoms with Crippen molar-refractivity contribution in [3.05, 3.63) is 46.4 Å². The van der Waals surface area contributed by atoms with Crippen LogP contribution in [0.5, 0.6) is 0 Å². The second kappa shape index (κ2) is 8.67. The fourth-order valence-corrected chi connectivity index (χ4v) is 4.77. The Morgan fingerprint density at radius 1 is 0.792 bits per heavy atom. The first-order valence-electron chi connectivity index (χ1n) is 6.84. The fourth-order valence-electron chi connectivity index (χ4n) is 1.79. The van der Waals surface area contributed by atoms with Crippen LogP contribution in [0.1, 0.15) is 13.8 Å². The van der Waals surface area contributed by atoms with E-state index in [0.29, 0.717) is 21.4 Å². The molecule has 0 aromatic heterocycles. The molecular formula is C16H14Cl2N2O2S2. The summed E-state index contributed by atoms with van der Waals surface area (Å²) in [4.78, 5) is 23.8. The Balaban J connectivity index is 2.05. The average Bonchev–Trinajstić information content (AvgIpc) is 2.46. The van der Waals surface area contributed by atoms with E-state index < -0.39 is 0 Å². The van der Waals surface area contributed by atoms with Gasteiger partial charge in [0.05, 0.1) is 10.0 Å². The van der Waals surface area contributed by atoms with E-state index >= 15 is 0 Å². The van der Waals surface area contributed by atoms with Crippen molar-refractivity contribution in [2.45, 2.75) is 23.6 Å². The van der Waals surface area contributed by atoms with Gasteiger partial charge in [0.25, 0.3) is 0 Å². The third-order valence-electron chi connectivity index (χ3n) is 2.73. The third kappa shape index (κ3) is 5.63. The maximum Gasteiger partial charge on any atom is 0.221 e. The zero-order valence-electron chi connectivity index (χ0n) is 12.9. The molecule has 24 heavy (non-hydrogen) atoms. The number of halogens is 2. The molecule has 2 rings (SSSR count). The number of rotatable bonds is 5. The van der Waals surface area contributed by atoms with Crippen molar-refractivity contribution in [2.24, 2.45) is 0 Å². The van der Waals surface area contributed by atoms with Crippen molar-refractivity contribution < 1.29 is 9.59 Å². The molecule has 2 amide bonds. The van der Waals surface area contributed by atoms with E-state index in [-0.39, 0.29) is 11.8 Å². The van der Waals surface area contributed by atoms with Gasteiger partial charge in [0.2, 0.25) is 11.8 Å². The molecule has 0 aliphatic heterocycles. The van der Waals surface area contributed by atoms with Crippen LogP contribution in [0.4, 0.5) is 11.4 Å². The van der Waals surface area contributed by atoms with Crippen molar-refractivity contribution >= 4 is 68.0 Å². The Morgan fingerprint density at radius 3 is 1.46 bits per heavy atom. The first kappa shape index (κ1) is 19.0. The third-order valence-corrected chi connectivity index (χ3v) is 6.06. The van der Waals surface area contributed by atoms with Gasteiger partial charge in [-0.15, -0.1) is 0 Å². The van der Waals surface area contributed by atoms with Crippen LogP contribution in [-0.4, -0.2) is 11.8 Å². The molecular weight excluding hydrogens is 387 g/mol. The second-order valence-electron chi connectivity index (χ2n) is 4.82. The highest BCUT2D eigenvalue weighted by Gasteiger charge is 2.08. The maximum absolute atomic E-state index is 11.0. The van der Waals surface area contributed by atoms with Crippen LogP contribution in [0.3, 0.4) is 0 Å². The van der Waals surface area contributed by atoms with Gasteiger partial charge in [0.1, 0.15) is 0 Å². The van der Waals surface area contributed by atoms with E-state index in [1.165, 1.54) is 35.4 Å². The van der Waals surface area contributed by atoms with E-state index in [0.717, 1.165) is 9.79 Å². The number of nitrogens with one attached hydrogen (secondary N) is 2. The molecule has 0 radical (unpaired) electrons. The summed E-state index contributed by atoms with van der Waals surface area (Å²) in [7, 11) is 2.92. The van der Waals surface area contributed by atoms with Crippen LogP contribution in [0.25, 0.3) is 0 Å². The molecule has 0 fully saturated rings. The van der Waals surface area contributed by atoms with Gasteiger partial charge in [-0.3, -0.25) is 9.59 Å². The summed E-state index contributed by atoms with van der Waals surface area (Å²) >= 11 is 12.5. The van der Waals surface area contributed by atoms with Gasteiger partial charge >= 0.3 is 0 Å². The Hall–Kier alpha value is -1.34. The van der Waals surface area contributed by atoms with Crippen LogP contribution >= 0.6 is 44.8 Å². The summed E-state index contributed by atoms with van der Waals surface area (Å²) in [6, 6.07) is 10.7. The number of benzene rings is 2. The summed E-state index contributed by atoms with van der Waals surface area (Å²) in [5, 5.41) is 6.46. The lowest BCUT2D eigenvalue weighted by Gasteiger charge is -2.09. The first-order valence-corrected chi connectivity index (χ1v) is 9.74. The minimum Gasteiger partial charge on any atom is -0.326 e. The van der Waals surface area contributed by atoms with Crippen molar-refractivity contribution in [3.8, 4) is 0 Å². The zero-order valence-corrected chi connectivity index (χ0v) is 16.0. The molecule has 0 bridgehead atoms. The van der Waals surface area contributed by atoms with Gasteiger partial charge in [-0.2, -0.15) is 0 Å². The standard InChI is InChI=1S/C16H14Cl2N2O2S2/c1-9(21)19-11-3-5-15(13(17)7-11)23-24-16-6-4-12(8-14(16)18)20-10(2)22/h3-8H,1-2H3,(H,19,21)(H,20,22). The lowest BCUT2D eigenvalue weighted by Crippen LogP contribution is -2.05. The van der Waals surface area contributed by atoms with Crippen LogP contribution in [0, 0.1) is 0 Å². The van der Waals surface area contributed by atoms with Crippen molar-refractivity contribution in [3.63, 3.8) is 0 Å². The number of amides is 2. The topological polar surface area (TPSA) is 58.2 Å². The lowest BCUT2D eigenvalue weighted by molar-refractivity contribution is -0.115. The monoisotopic (exact) mass is 400 g/mol. The Kier molecular flexibility index (Phi) is 6.86. The maximum atomic E-state index is 11.0. The van der Waals surface area contributed by atoms with Crippen LogP contribution < -0.4 is 10.6 Å². The van der Waals surface area contributed by atoms with E-state index in [9.17, 15) is 9.59 Å². The van der Waals surface area contributed by atoms with Crippen LogP contribution in [-0.2, 0) is 9.59 Å². The molecule has 8 heteroatoms. The fraction of sp³-hybridized carbons (Fsp3) is 0.125. The minimum absolute atomic E-state index is 0.146. The van der Waals surface area contributed by atoms with E-state index in [1.807, 2.05) is 12.1 Å². The highest BCUT2D eigenvalue weighted by atomic mass is 35.5. The van der Waals surface area contributed by atoms with E-state index in [1.54, 1.807) is 24.3 Å². The van der Waals surface area contributed by atoms with Crippen molar-refractivity contribution in [1.29, 1.82) is 0 Å². The van der Waals surface area contributed by atoms with Gasteiger partial charge in [-0.05, 0) is 36.4 Å². The SMILES string of the molecule is CC(=O)Nc1ccc(SSc2ccc(NC(C)=O)cc2Cl)c(Cl)c1. The molecule has 0 saturated carbocycles. The van der Waals surface area contributed by atoms with Gasteiger partial charge in [-0.1, -0.05) is 44.8 Å². The molecule has 4 nitrogen and oxygen atoms in total. The smallest absolute Gasteiger partial charge is 0.221 e. The summed E-state index contributed by atoms with van der Waals surface area (Å²) in [6.07, 6.45) is 0. The summed E-state index contributed by atoms with van der Waals surface area (Å²) in [6.45, 7) is 2.89. The number of hydrogen-bond donors (Lipinski definition) is 2. The summed E-state index contributed by atoms with van der Waals surface area (Å²) < 4.78 is 0. The number of anilines is 2. The first-order chi connectivity index (χ1) is 11.3. The van der Waals surface area contributed by atoms with E-state index in [4.69, 9.17) is 23.2 Å². The molecule has 2 aromatic rings. The van der Waals surface area contributed by atoms with Crippen LogP contribution in [0.2, 0.25) is 10.0 Å². The molecule has 126 valence electrons. The second-order valence-corrected chi connectivity index (χ2v) is 7.85. The molecule has 0 aliphatic carbocycles. The van der Waals surface area contributed by atoms with Gasteiger partial charge in [-0.25, -0.2) is 0 Å². The summed E-state index contributed by atoms with van der Waals surface area (Å²) in [5.74, 6) is -0.293. The molecule has 0 unspecified atom stereocenters. The highest BCUT2D eigenvalue weighted by molar-refractivity contribution is 8.76. The Bertz CT molecular complexity index is 719. The zero-order chi connectivity index (χ0) is 17.7. The number of hydrogen-bond acceptors (Lipinski definition) is 4. The minimum atomic E-state index is -0.146. The number of carbonyl (C=O) groups is 2.